The second-order valence-corrected chi connectivity index (χ2v) is 7.07. The molecule has 1 N–H and O–H groups in total. The number of anilines is 1. The highest BCUT2D eigenvalue weighted by Gasteiger charge is 2.16. The van der Waals surface area contributed by atoms with Crippen LogP contribution in [0.1, 0.15) is 34.4 Å². The second kappa shape index (κ2) is 5.74. The monoisotopic (exact) mass is 322 g/mol. The molecule has 0 amide bonds. The van der Waals surface area contributed by atoms with Gasteiger partial charge in [-0.15, -0.1) is 11.3 Å². The van der Waals surface area contributed by atoms with Crippen LogP contribution in [0.3, 0.4) is 0 Å². The van der Waals surface area contributed by atoms with Gasteiger partial charge in [0.2, 0.25) is 0 Å². The number of nitrogens with one attached hydrogen (secondary N) is 1. The second-order valence-electron chi connectivity index (χ2n) is 5.87. The van der Waals surface area contributed by atoms with Gasteiger partial charge in [0.05, 0.1) is 11.1 Å². The molecule has 1 aliphatic rings. The first-order chi connectivity index (χ1) is 11.2. The van der Waals surface area contributed by atoms with E-state index in [9.17, 15) is 0 Å². The summed E-state index contributed by atoms with van der Waals surface area (Å²) in [4.78, 5) is 11.1. The third-order valence-electron chi connectivity index (χ3n) is 4.45. The van der Waals surface area contributed by atoms with E-state index in [0.29, 0.717) is 0 Å². The van der Waals surface area contributed by atoms with Crippen LogP contribution in [0.4, 0.5) is 5.82 Å². The highest BCUT2D eigenvalue weighted by atomic mass is 32.1. The lowest BCUT2D eigenvalue weighted by molar-refractivity contribution is 0.837. The Morgan fingerprint density at radius 3 is 2.91 bits per heavy atom. The molecule has 0 saturated heterocycles. The maximum atomic E-state index is 4.68. The van der Waals surface area contributed by atoms with E-state index < -0.39 is 0 Å². The van der Waals surface area contributed by atoms with Crippen LogP contribution >= 0.6 is 11.3 Å². The van der Waals surface area contributed by atoms with E-state index in [1.54, 1.807) is 17.7 Å². The lowest BCUT2D eigenvalue weighted by Gasteiger charge is -2.17. The molecule has 0 spiro atoms. The molecule has 23 heavy (non-hydrogen) atoms. The third kappa shape index (κ3) is 2.51. The van der Waals surface area contributed by atoms with Crippen molar-refractivity contribution in [2.45, 2.75) is 33.1 Å². The Morgan fingerprint density at radius 2 is 2.00 bits per heavy atom. The van der Waals surface area contributed by atoms with Gasteiger partial charge in [0.15, 0.2) is 5.82 Å². The first kappa shape index (κ1) is 14.3. The molecule has 2 aromatic heterocycles. The van der Waals surface area contributed by atoms with Gasteiger partial charge in [-0.25, -0.2) is 9.97 Å². The van der Waals surface area contributed by atoms with E-state index in [1.807, 2.05) is 0 Å². The van der Waals surface area contributed by atoms with Crippen molar-refractivity contribution in [3.05, 3.63) is 52.2 Å². The summed E-state index contributed by atoms with van der Waals surface area (Å²) in [6.45, 7) is 4.24. The number of benzene rings is 1. The molecule has 2 heterocycles. The van der Waals surface area contributed by atoms with Crippen molar-refractivity contribution >= 4 is 33.1 Å². The number of aromatic nitrogens is 2. The van der Waals surface area contributed by atoms with Crippen LogP contribution in [0, 0.1) is 13.8 Å². The predicted molar refractivity (Wildman–Crippen MR) is 96.4 cm³/mol. The molecule has 116 valence electrons. The van der Waals surface area contributed by atoms with E-state index in [1.165, 1.54) is 21.6 Å². The van der Waals surface area contributed by atoms with E-state index in [0.717, 1.165) is 41.0 Å². The van der Waals surface area contributed by atoms with Crippen LogP contribution in [0.2, 0.25) is 0 Å². The zero-order chi connectivity index (χ0) is 15.8. The largest absolute Gasteiger partial charge is 0.260 e. The quantitative estimate of drug-likeness (QED) is 0.709. The fraction of sp³-hybridized carbons (Fsp3) is 0.278. The van der Waals surface area contributed by atoms with E-state index in [2.05, 4.69) is 58.6 Å². The smallest absolute Gasteiger partial charge is 0.158 e. The van der Waals surface area contributed by atoms with Gasteiger partial charge in [0.1, 0.15) is 11.2 Å². The van der Waals surface area contributed by atoms with Gasteiger partial charge >= 0.3 is 0 Å². The van der Waals surface area contributed by atoms with Gasteiger partial charge in [0.25, 0.3) is 0 Å². The number of hydrogen-bond acceptors (Lipinski definition) is 5. The molecular formula is C18H18N4S. The average molecular weight is 322 g/mol. The number of fused-ring (bicyclic) bond motifs is 2. The number of nitrogens with zero attached hydrogens (tertiary/aromatic N) is 3. The molecule has 0 radical (unpaired) electrons. The Bertz CT molecular complexity index is 911. The van der Waals surface area contributed by atoms with Crippen molar-refractivity contribution in [2.75, 3.05) is 5.43 Å². The third-order valence-corrected chi connectivity index (χ3v) is 5.57. The van der Waals surface area contributed by atoms with Gasteiger partial charge in [-0.05, 0) is 44.2 Å². The Labute approximate surface area is 139 Å². The Kier molecular flexibility index (Phi) is 3.58. The highest BCUT2D eigenvalue weighted by molar-refractivity contribution is 7.18. The topological polar surface area (TPSA) is 50.2 Å². The van der Waals surface area contributed by atoms with Gasteiger partial charge < -0.3 is 0 Å². The summed E-state index contributed by atoms with van der Waals surface area (Å²) >= 11 is 1.70. The fourth-order valence-corrected chi connectivity index (χ4v) is 4.10. The predicted octanol–water partition coefficient (Wildman–Crippen LogP) is 4.46. The normalized spacial score (nSPS) is 15.8. The molecular weight excluding hydrogens is 304 g/mol. The van der Waals surface area contributed by atoms with Crippen molar-refractivity contribution in [3.63, 3.8) is 0 Å². The van der Waals surface area contributed by atoms with Crippen molar-refractivity contribution in [3.8, 4) is 0 Å². The van der Waals surface area contributed by atoms with Crippen LogP contribution < -0.4 is 5.43 Å². The molecule has 4 nitrogen and oxygen atoms in total. The lowest BCUT2D eigenvalue weighted by Crippen LogP contribution is -2.13. The van der Waals surface area contributed by atoms with Crippen molar-refractivity contribution in [1.29, 1.82) is 0 Å². The van der Waals surface area contributed by atoms with Crippen molar-refractivity contribution in [1.82, 2.24) is 9.97 Å². The van der Waals surface area contributed by atoms with Gasteiger partial charge in [-0.2, -0.15) is 5.10 Å². The summed E-state index contributed by atoms with van der Waals surface area (Å²) in [7, 11) is 0. The number of thiophene rings is 1. The molecule has 3 aromatic rings. The van der Waals surface area contributed by atoms with Crippen LogP contribution in [0.25, 0.3) is 10.2 Å². The standard InChI is InChI=1S/C18H18N4S/c1-11-12(2)23-18-16(11)17(19-10-20-18)22-21-15-9-5-7-13-6-3-4-8-14(13)15/h3-4,6,8,10H,5,7,9H2,1-2H3,(H,19,20,22)/b21-15-. The summed E-state index contributed by atoms with van der Waals surface area (Å²) in [6, 6.07) is 8.53. The fourth-order valence-electron chi connectivity index (χ4n) is 3.10. The minimum atomic E-state index is 0.799. The zero-order valence-corrected chi connectivity index (χ0v) is 14.1. The maximum Gasteiger partial charge on any atom is 0.158 e. The van der Waals surface area contributed by atoms with E-state index in [4.69, 9.17) is 0 Å². The minimum Gasteiger partial charge on any atom is -0.260 e. The molecule has 0 fully saturated rings. The first-order valence-electron chi connectivity index (χ1n) is 7.85. The molecule has 4 rings (SSSR count). The number of aryl methyl sites for hydroxylation is 3. The summed E-state index contributed by atoms with van der Waals surface area (Å²) in [5.41, 5.74) is 8.19. The molecule has 1 aliphatic carbocycles. The van der Waals surface area contributed by atoms with Crippen LogP contribution in [0.5, 0.6) is 0 Å². The molecule has 0 atom stereocenters. The van der Waals surface area contributed by atoms with E-state index in [-0.39, 0.29) is 0 Å². The van der Waals surface area contributed by atoms with Crippen LogP contribution in [-0.4, -0.2) is 15.7 Å². The van der Waals surface area contributed by atoms with Crippen LogP contribution in [0.15, 0.2) is 35.7 Å². The minimum absolute atomic E-state index is 0.799. The number of hydrazone groups is 1. The molecule has 5 heteroatoms. The Morgan fingerprint density at radius 1 is 1.13 bits per heavy atom. The van der Waals surface area contributed by atoms with Gasteiger partial charge in [-0.3, -0.25) is 5.43 Å². The Balaban J connectivity index is 1.73. The summed E-state index contributed by atoms with van der Waals surface area (Å²) in [5.74, 6) is 0.799. The number of hydrogen-bond donors (Lipinski definition) is 1. The van der Waals surface area contributed by atoms with Crippen molar-refractivity contribution in [2.24, 2.45) is 5.10 Å². The van der Waals surface area contributed by atoms with Crippen molar-refractivity contribution < 1.29 is 0 Å². The lowest BCUT2D eigenvalue weighted by atomic mass is 9.90. The zero-order valence-electron chi connectivity index (χ0n) is 13.3. The summed E-state index contributed by atoms with van der Waals surface area (Å²) in [6.07, 6.45) is 4.89. The summed E-state index contributed by atoms with van der Waals surface area (Å²) < 4.78 is 0. The average Bonchev–Trinajstić information content (AvgIpc) is 2.88. The molecule has 1 aromatic carbocycles. The van der Waals surface area contributed by atoms with Crippen LogP contribution in [-0.2, 0) is 6.42 Å². The van der Waals surface area contributed by atoms with Gasteiger partial charge in [0, 0.05) is 10.4 Å². The molecule has 0 bridgehead atoms. The maximum absolute atomic E-state index is 4.68. The first-order valence-corrected chi connectivity index (χ1v) is 8.67. The van der Waals surface area contributed by atoms with Gasteiger partial charge in [-0.1, -0.05) is 24.3 Å². The Hall–Kier alpha value is -2.27. The SMILES string of the molecule is Cc1sc2ncnc(N/N=C3/CCCc4ccccc43)c2c1C. The summed E-state index contributed by atoms with van der Waals surface area (Å²) in [5, 5.41) is 5.76. The molecule has 0 aliphatic heterocycles. The molecule has 0 unspecified atom stereocenters. The highest BCUT2D eigenvalue weighted by Crippen LogP contribution is 2.32. The number of rotatable bonds is 2. The molecule has 0 saturated carbocycles. The van der Waals surface area contributed by atoms with E-state index >= 15 is 0 Å².